The van der Waals surface area contributed by atoms with Gasteiger partial charge < -0.3 is 4.57 Å². The maximum atomic E-state index is 15.0. The van der Waals surface area contributed by atoms with E-state index < -0.39 is 5.67 Å². The van der Waals surface area contributed by atoms with Crippen molar-refractivity contribution in [2.24, 2.45) is 17.8 Å². The molecule has 0 saturated heterocycles. The lowest BCUT2D eigenvalue weighted by atomic mass is 9.82. The van der Waals surface area contributed by atoms with Crippen molar-refractivity contribution in [3.05, 3.63) is 64.5 Å². The molecule has 1 aliphatic rings. The molecule has 1 aromatic carbocycles. The first kappa shape index (κ1) is 24.8. The van der Waals surface area contributed by atoms with E-state index in [1.165, 1.54) is 34.4 Å². The highest BCUT2D eigenvalue weighted by Gasteiger charge is 2.39. The Morgan fingerprint density at radius 3 is 2.34 bits per heavy atom. The molecule has 1 aliphatic carbocycles. The molecule has 2 aromatic rings. The molecule has 2 heteroatoms. The Morgan fingerprint density at radius 1 is 1.16 bits per heavy atom. The molecule has 1 heterocycles. The summed E-state index contributed by atoms with van der Waals surface area (Å²) in [5.74, 6) is 1.87. The van der Waals surface area contributed by atoms with E-state index in [0.29, 0.717) is 23.8 Å². The Morgan fingerprint density at radius 2 is 1.81 bits per heavy atom. The van der Waals surface area contributed by atoms with Crippen LogP contribution < -0.4 is 0 Å². The quantitative estimate of drug-likeness (QED) is 0.389. The molecular formula is C30H44FN. The topological polar surface area (TPSA) is 4.93 Å². The average Bonchev–Trinajstić information content (AvgIpc) is 3.22. The fraction of sp³-hybridized carbons (Fsp3) is 0.600. The number of rotatable bonds is 8. The number of halogens is 1. The summed E-state index contributed by atoms with van der Waals surface area (Å²) >= 11 is 0. The number of hydrogen-bond donors (Lipinski definition) is 0. The molecule has 0 N–H and O–H groups in total. The van der Waals surface area contributed by atoms with E-state index in [-0.39, 0.29) is 0 Å². The Bertz CT molecular complexity index is 958. The van der Waals surface area contributed by atoms with Gasteiger partial charge in [0, 0.05) is 17.9 Å². The minimum Gasteiger partial charge on any atom is -0.348 e. The van der Waals surface area contributed by atoms with Crippen molar-refractivity contribution < 1.29 is 4.39 Å². The second kappa shape index (κ2) is 9.57. The molecule has 0 amide bonds. The number of aromatic nitrogens is 1. The molecule has 1 saturated carbocycles. The molecule has 1 aromatic heterocycles. The lowest BCUT2D eigenvalue weighted by Gasteiger charge is -2.24. The van der Waals surface area contributed by atoms with Crippen molar-refractivity contribution in [3.63, 3.8) is 0 Å². The van der Waals surface area contributed by atoms with Gasteiger partial charge in [0.05, 0.1) is 0 Å². The Balaban J connectivity index is 1.94. The summed E-state index contributed by atoms with van der Waals surface area (Å²) in [6, 6.07) is 7.06. The van der Waals surface area contributed by atoms with Crippen molar-refractivity contribution >= 4 is 5.57 Å². The third-order valence-electron chi connectivity index (χ3n) is 8.20. The van der Waals surface area contributed by atoms with Gasteiger partial charge in [0.1, 0.15) is 5.67 Å². The number of aryl methyl sites for hydroxylation is 1. The molecular weight excluding hydrogens is 393 g/mol. The van der Waals surface area contributed by atoms with E-state index >= 15 is 0 Å². The van der Waals surface area contributed by atoms with E-state index in [1.54, 1.807) is 13.8 Å². The monoisotopic (exact) mass is 437 g/mol. The molecule has 0 radical (unpaired) electrons. The van der Waals surface area contributed by atoms with Crippen molar-refractivity contribution in [1.82, 2.24) is 4.57 Å². The SMILES string of the molecule is C=C(C)c1ccn([C@@H]2C[C@H](Cc3cc(C(C)(C)F)cc(CCC)c3CC)[C@@H](C)[C@H]2C)c1C. The number of alkyl halides is 1. The minimum absolute atomic E-state index is 0.518. The van der Waals surface area contributed by atoms with E-state index in [9.17, 15) is 4.39 Å². The molecule has 1 fully saturated rings. The second-order valence-corrected chi connectivity index (χ2v) is 10.8. The van der Waals surface area contributed by atoms with Crippen LogP contribution in [0.1, 0.15) is 101 Å². The summed E-state index contributed by atoms with van der Waals surface area (Å²) in [4.78, 5) is 0. The van der Waals surface area contributed by atoms with Crippen LogP contribution in [0, 0.1) is 24.7 Å². The highest BCUT2D eigenvalue weighted by molar-refractivity contribution is 5.63. The summed E-state index contributed by atoms with van der Waals surface area (Å²) in [6.45, 7) is 21.2. The zero-order chi connectivity index (χ0) is 23.8. The van der Waals surface area contributed by atoms with Crippen molar-refractivity contribution in [1.29, 1.82) is 0 Å². The predicted molar refractivity (Wildman–Crippen MR) is 137 cm³/mol. The smallest absolute Gasteiger partial charge is 0.130 e. The van der Waals surface area contributed by atoms with E-state index in [4.69, 9.17) is 0 Å². The molecule has 0 spiro atoms. The van der Waals surface area contributed by atoms with Gasteiger partial charge in [-0.3, -0.25) is 0 Å². The average molecular weight is 438 g/mol. The third kappa shape index (κ3) is 4.75. The van der Waals surface area contributed by atoms with Gasteiger partial charge in [-0.25, -0.2) is 4.39 Å². The van der Waals surface area contributed by atoms with E-state index in [1.807, 2.05) is 0 Å². The van der Waals surface area contributed by atoms with Gasteiger partial charge in [-0.2, -0.15) is 0 Å². The van der Waals surface area contributed by atoms with Crippen LogP contribution in [0.25, 0.3) is 5.57 Å². The zero-order valence-corrected chi connectivity index (χ0v) is 21.7. The Labute approximate surface area is 196 Å². The Kier molecular flexibility index (Phi) is 7.42. The fourth-order valence-electron chi connectivity index (χ4n) is 6.04. The maximum Gasteiger partial charge on any atom is 0.130 e. The summed E-state index contributed by atoms with van der Waals surface area (Å²) in [5, 5.41) is 0. The van der Waals surface area contributed by atoms with E-state index in [2.05, 4.69) is 77.1 Å². The lowest BCUT2D eigenvalue weighted by Crippen LogP contribution is -2.17. The second-order valence-electron chi connectivity index (χ2n) is 10.8. The van der Waals surface area contributed by atoms with Crippen LogP contribution in [0.3, 0.4) is 0 Å². The van der Waals surface area contributed by atoms with Gasteiger partial charge in [0.2, 0.25) is 0 Å². The van der Waals surface area contributed by atoms with Crippen LogP contribution in [0.15, 0.2) is 31.0 Å². The van der Waals surface area contributed by atoms with Crippen molar-refractivity contribution in [2.45, 2.75) is 99.2 Å². The van der Waals surface area contributed by atoms with Gasteiger partial charge in [-0.1, -0.05) is 52.8 Å². The lowest BCUT2D eigenvalue weighted by molar-refractivity contribution is 0.221. The van der Waals surface area contributed by atoms with Gasteiger partial charge >= 0.3 is 0 Å². The van der Waals surface area contributed by atoms with Crippen LogP contribution in [0.2, 0.25) is 0 Å². The maximum absolute atomic E-state index is 15.0. The highest BCUT2D eigenvalue weighted by atomic mass is 19.1. The molecule has 0 bridgehead atoms. The van der Waals surface area contributed by atoms with E-state index in [0.717, 1.165) is 36.8 Å². The van der Waals surface area contributed by atoms with Gasteiger partial charge in [0.15, 0.2) is 0 Å². The van der Waals surface area contributed by atoms with Crippen molar-refractivity contribution in [2.75, 3.05) is 0 Å². The van der Waals surface area contributed by atoms with Gasteiger partial charge in [-0.15, -0.1) is 0 Å². The minimum atomic E-state index is -1.30. The summed E-state index contributed by atoms with van der Waals surface area (Å²) in [5.41, 5.74) is 7.50. The molecule has 4 atom stereocenters. The number of benzene rings is 1. The largest absolute Gasteiger partial charge is 0.348 e. The van der Waals surface area contributed by atoms with Crippen LogP contribution in [-0.2, 0) is 24.9 Å². The predicted octanol–water partition coefficient (Wildman–Crippen LogP) is 8.63. The molecule has 3 rings (SSSR count). The molecule has 32 heavy (non-hydrogen) atoms. The summed E-state index contributed by atoms with van der Waals surface area (Å²) < 4.78 is 17.5. The fourth-order valence-corrected chi connectivity index (χ4v) is 6.04. The summed E-state index contributed by atoms with van der Waals surface area (Å²) in [6.07, 6.45) is 7.66. The standard InChI is InChI=1S/C30H44FN/c1-10-12-23-16-26(30(8,9)31)17-25(27(23)11-2)15-24-18-29(21(6)20(24)5)32-14-13-28(19(3)4)22(32)7/h13-14,16-17,20-21,24,29H,3,10-12,15,18H2,1-2,4-9H3/t20-,21+,24-,29+/m0/s1. The first-order valence-corrected chi connectivity index (χ1v) is 12.7. The first-order valence-electron chi connectivity index (χ1n) is 12.7. The molecule has 1 nitrogen and oxygen atoms in total. The third-order valence-corrected chi connectivity index (χ3v) is 8.20. The van der Waals surface area contributed by atoms with Crippen LogP contribution in [0.4, 0.5) is 4.39 Å². The normalized spacial score (nSPS) is 23.7. The number of hydrogen-bond acceptors (Lipinski definition) is 0. The zero-order valence-electron chi connectivity index (χ0n) is 21.7. The molecule has 0 unspecified atom stereocenters. The molecule has 0 aliphatic heterocycles. The van der Waals surface area contributed by atoms with Crippen molar-refractivity contribution in [3.8, 4) is 0 Å². The number of nitrogens with zero attached hydrogens (tertiary/aromatic N) is 1. The van der Waals surface area contributed by atoms with Crippen LogP contribution >= 0.6 is 0 Å². The first-order chi connectivity index (χ1) is 15.0. The Hall–Kier alpha value is -1.83. The van der Waals surface area contributed by atoms with Crippen LogP contribution in [0.5, 0.6) is 0 Å². The van der Waals surface area contributed by atoms with Gasteiger partial charge in [0.25, 0.3) is 0 Å². The van der Waals surface area contributed by atoms with Crippen LogP contribution in [-0.4, -0.2) is 4.57 Å². The van der Waals surface area contributed by atoms with Gasteiger partial charge in [-0.05, 0) is 111 Å². The molecule has 176 valence electrons. The summed E-state index contributed by atoms with van der Waals surface area (Å²) in [7, 11) is 0. The highest BCUT2D eigenvalue weighted by Crippen LogP contribution is 2.47. The number of allylic oxidation sites excluding steroid dienone is 1.